The average Bonchev–Trinajstić information content (AvgIpc) is 2.42. The Morgan fingerprint density at radius 1 is 1.14 bits per heavy atom. The number of carbonyl (C=O) groups is 1. The fourth-order valence-electron chi connectivity index (χ4n) is 2.00. The highest BCUT2D eigenvalue weighted by Crippen LogP contribution is 2.21. The van der Waals surface area contributed by atoms with Gasteiger partial charge < -0.3 is 4.74 Å². The third kappa shape index (κ3) is 3.70. The van der Waals surface area contributed by atoms with Gasteiger partial charge in [-0.25, -0.2) is 4.79 Å². The van der Waals surface area contributed by atoms with Gasteiger partial charge in [0, 0.05) is 0 Å². The molecule has 0 saturated carbocycles. The Hall–Kier alpha value is -2.60. The van der Waals surface area contributed by atoms with Gasteiger partial charge in [0.2, 0.25) is 0 Å². The first kappa shape index (κ1) is 14.8. The van der Waals surface area contributed by atoms with E-state index >= 15 is 0 Å². The molecule has 21 heavy (non-hydrogen) atoms. The number of nitrogens with zero attached hydrogens (tertiary/aromatic N) is 1. The fourth-order valence-corrected chi connectivity index (χ4v) is 2.00. The number of benzene rings is 2. The van der Waals surface area contributed by atoms with Gasteiger partial charge in [-0.05, 0) is 43.2 Å². The van der Waals surface area contributed by atoms with Crippen LogP contribution in [0.25, 0.3) is 16.8 Å². The van der Waals surface area contributed by atoms with Crippen LogP contribution in [0.15, 0.2) is 48.0 Å². The monoisotopic (exact) mass is 279 g/mol. The van der Waals surface area contributed by atoms with Crippen LogP contribution in [0.3, 0.4) is 0 Å². The van der Waals surface area contributed by atoms with Gasteiger partial charge in [0.25, 0.3) is 0 Å². The molecule has 0 radical (unpaired) electrons. The number of ether oxygens (including phenoxy) is 1. The van der Waals surface area contributed by atoms with E-state index in [0.29, 0.717) is 0 Å². The van der Waals surface area contributed by atoms with Gasteiger partial charge in [-0.3, -0.25) is 0 Å². The smallest absolute Gasteiger partial charge is 0.349 e. The quantitative estimate of drug-likeness (QED) is 0.472. The molecule has 3 nitrogen and oxygen atoms in total. The van der Waals surface area contributed by atoms with Gasteiger partial charge in [-0.15, -0.1) is 0 Å². The van der Waals surface area contributed by atoms with E-state index < -0.39 is 11.6 Å². The topological polar surface area (TPSA) is 50.1 Å². The lowest BCUT2D eigenvalue weighted by Gasteiger charge is -2.19. The molecule has 2 rings (SSSR count). The van der Waals surface area contributed by atoms with E-state index in [1.54, 1.807) is 26.8 Å². The van der Waals surface area contributed by atoms with E-state index in [0.717, 1.165) is 16.3 Å². The summed E-state index contributed by atoms with van der Waals surface area (Å²) in [5.41, 5.74) is 0.211. The molecular formula is C18H17NO2. The maximum Gasteiger partial charge on any atom is 0.349 e. The largest absolute Gasteiger partial charge is 0.456 e. The Morgan fingerprint density at radius 2 is 1.81 bits per heavy atom. The van der Waals surface area contributed by atoms with Crippen molar-refractivity contribution in [2.75, 3.05) is 0 Å². The zero-order valence-electron chi connectivity index (χ0n) is 12.4. The second-order valence-corrected chi connectivity index (χ2v) is 5.74. The summed E-state index contributed by atoms with van der Waals surface area (Å²) in [6.45, 7) is 5.33. The molecule has 0 aromatic heterocycles. The Kier molecular flexibility index (Phi) is 4.09. The summed E-state index contributed by atoms with van der Waals surface area (Å²) in [5.74, 6) is -0.599. The number of carbonyl (C=O) groups excluding carboxylic acids is 1. The van der Waals surface area contributed by atoms with Crippen molar-refractivity contribution < 1.29 is 9.53 Å². The summed E-state index contributed by atoms with van der Waals surface area (Å²) in [6.07, 6.45) is 1.58. The van der Waals surface area contributed by atoms with Crippen molar-refractivity contribution in [3.63, 3.8) is 0 Å². The van der Waals surface area contributed by atoms with Crippen LogP contribution in [0.5, 0.6) is 0 Å². The third-order valence-corrected chi connectivity index (χ3v) is 2.86. The molecule has 2 aromatic carbocycles. The summed E-state index contributed by atoms with van der Waals surface area (Å²) in [4.78, 5) is 12.0. The van der Waals surface area contributed by atoms with Crippen LogP contribution in [0.1, 0.15) is 26.3 Å². The van der Waals surface area contributed by atoms with E-state index in [2.05, 4.69) is 0 Å². The van der Waals surface area contributed by atoms with Crippen LogP contribution in [0.2, 0.25) is 0 Å². The maximum absolute atomic E-state index is 12.0. The highest BCUT2D eigenvalue weighted by Gasteiger charge is 2.19. The number of esters is 1. The molecule has 0 saturated heterocycles. The first-order valence-corrected chi connectivity index (χ1v) is 6.73. The summed E-state index contributed by atoms with van der Waals surface area (Å²) >= 11 is 0. The van der Waals surface area contributed by atoms with Crippen molar-refractivity contribution in [2.45, 2.75) is 26.4 Å². The minimum absolute atomic E-state index is 0.00118. The molecule has 0 amide bonds. The van der Waals surface area contributed by atoms with Crippen LogP contribution < -0.4 is 0 Å². The number of nitriles is 1. The van der Waals surface area contributed by atoms with Crippen molar-refractivity contribution in [1.82, 2.24) is 0 Å². The SMILES string of the molecule is CC(C)(C)OC(=O)C(C#N)=Cc1cccc2ccccc12. The van der Waals surface area contributed by atoms with Crippen LogP contribution in [0.4, 0.5) is 0 Å². The number of hydrogen-bond donors (Lipinski definition) is 0. The molecule has 0 N–H and O–H groups in total. The normalized spacial score (nSPS) is 12.0. The van der Waals surface area contributed by atoms with Crippen molar-refractivity contribution in [2.24, 2.45) is 0 Å². The Balaban J connectivity index is 2.44. The molecule has 0 unspecified atom stereocenters. The molecule has 3 heteroatoms. The van der Waals surface area contributed by atoms with Crippen LogP contribution in [-0.4, -0.2) is 11.6 Å². The van der Waals surface area contributed by atoms with Gasteiger partial charge in [0.05, 0.1) is 0 Å². The number of rotatable bonds is 2. The molecule has 0 aliphatic heterocycles. The standard InChI is InChI=1S/C18H17NO2/c1-18(2,3)21-17(20)15(12-19)11-14-9-6-8-13-7-4-5-10-16(13)14/h4-11H,1-3H3. The van der Waals surface area contributed by atoms with Gasteiger partial charge >= 0.3 is 5.97 Å². The van der Waals surface area contributed by atoms with Crippen molar-refractivity contribution in [1.29, 1.82) is 5.26 Å². The lowest BCUT2D eigenvalue weighted by Crippen LogP contribution is -2.24. The van der Waals surface area contributed by atoms with E-state index in [4.69, 9.17) is 4.74 Å². The number of hydrogen-bond acceptors (Lipinski definition) is 3. The highest BCUT2D eigenvalue weighted by molar-refractivity contribution is 6.01. The molecule has 0 fully saturated rings. The molecule has 0 aliphatic rings. The third-order valence-electron chi connectivity index (χ3n) is 2.86. The van der Waals surface area contributed by atoms with Crippen LogP contribution >= 0.6 is 0 Å². The second kappa shape index (κ2) is 5.80. The molecule has 0 aliphatic carbocycles. The summed E-state index contributed by atoms with van der Waals surface area (Å²) < 4.78 is 5.25. The first-order valence-electron chi connectivity index (χ1n) is 6.73. The van der Waals surface area contributed by atoms with E-state index in [1.807, 2.05) is 48.5 Å². The molecule has 2 aromatic rings. The zero-order chi connectivity index (χ0) is 15.5. The van der Waals surface area contributed by atoms with Gasteiger partial charge in [-0.1, -0.05) is 42.5 Å². The lowest BCUT2D eigenvalue weighted by atomic mass is 10.0. The van der Waals surface area contributed by atoms with Crippen molar-refractivity contribution in [3.8, 4) is 6.07 Å². The van der Waals surface area contributed by atoms with Crippen molar-refractivity contribution in [3.05, 3.63) is 53.6 Å². The fraction of sp³-hybridized carbons (Fsp3) is 0.222. The average molecular weight is 279 g/mol. The van der Waals surface area contributed by atoms with E-state index in [1.165, 1.54) is 0 Å². The first-order chi connectivity index (χ1) is 9.90. The van der Waals surface area contributed by atoms with Gasteiger partial charge in [-0.2, -0.15) is 5.26 Å². The minimum atomic E-state index is -0.619. The summed E-state index contributed by atoms with van der Waals surface area (Å²) in [5, 5.41) is 11.3. The highest BCUT2D eigenvalue weighted by atomic mass is 16.6. The predicted molar refractivity (Wildman–Crippen MR) is 83.4 cm³/mol. The predicted octanol–water partition coefficient (Wildman–Crippen LogP) is 4.09. The molecule has 106 valence electrons. The number of fused-ring (bicyclic) bond motifs is 1. The van der Waals surface area contributed by atoms with E-state index in [-0.39, 0.29) is 5.57 Å². The van der Waals surface area contributed by atoms with E-state index in [9.17, 15) is 10.1 Å². The molecule has 0 heterocycles. The second-order valence-electron chi connectivity index (χ2n) is 5.74. The van der Waals surface area contributed by atoms with Gasteiger partial charge in [0.1, 0.15) is 17.2 Å². The Bertz CT molecular complexity index is 740. The van der Waals surface area contributed by atoms with Crippen molar-refractivity contribution >= 4 is 22.8 Å². The Labute approximate surface area is 124 Å². The minimum Gasteiger partial charge on any atom is -0.456 e. The molecular weight excluding hydrogens is 262 g/mol. The summed E-state index contributed by atoms with van der Waals surface area (Å²) in [7, 11) is 0. The van der Waals surface area contributed by atoms with Crippen LogP contribution in [-0.2, 0) is 9.53 Å². The van der Waals surface area contributed by atoms with Crippen LogP contribution in [0, 0.1) is 11.3 Å². The molecule has 0 spiro atoms. The summed E-state index contributed by atoms with van der Waals surface area (Å²) in [6, 6.07) is 15.5. The Morgan fingerprint density at radius 3 is 2.48 bits per heavy atom. The zero-order valence-corrected chi connectivity index (χ0v) is 12.4. The van der Waals surface area contributed by atoms with Gasteiger partial charge in [0.15, 0.2) is 0 Å². The molecule has 0 bridgehead atoms. The lowest BCUT2D eigenvalue weighted by molar-refractivity contribution is -0.149. The maximum atomic E-state index is 12.0. The molecule has 0 atom stereocenters.